The van der Waals surface area contributed by atoms with Gasteiger partial charge in [0.05, 0.1) is 28.7 Å². The Morgan fingerprint density at radius 1 is 1.24 bits per heavy atom. The largest absolute Gasteiger partial charge is 0.476 e. The number of halogens is 1. The fraction of sp³-hybridized carbons (Fsp3) is 0.708. The second kappa shape index (κ2) is 11.8. The molecule has 1 aliphatic carbocycles. The highest BCUT2D eigenvalue weighted by atomic mass is 19.1. The van der Waals surface area contributed by atoms with Crippen LogP contribution in [0.2, 0.25) is 0 Å². The number of alkyl halides is 1. The van der Waals surface area contributed by atoms with E-state index in [4.69, 9.17) is 17.0 Å². The maximum absolute atomic E-state index is 13.1. The fourth-order valence-electron chi connectivity index (χ4n) is 4.05. The van der Waals surface area contributed by atoms with Crippen molar-refractivity contribution >= 4 is 17.6 Å². The number of ether oxygens (including phenoxy) is 4. The quantitative estimate of drug-likeness (QED) is 0.403. The smallest absolute Gasteiger partial charge is 0.331 e. The minimum atomic E-state index is -3.16. The van der Waals surface area contributed by atoms with Crippen LogP contribution in [-0.2, 0) is 19.0 Å². The van der Waals surface area contributed by atoms with Gasteiger partial charge in [-0.15, -0.1) is 0 Å². The maximum atomic E-state index is 13.1. The molecule has 1 saturated carbocycles. The molecule has 1 aromatic heterocycles. The van der Waals surface area contributed by atoms with E-state index in [1.165, 1.54) is 0 Å². The summed E-state index contributed by atoms with van der Waals surface area (Å²) in [5.74, 6) is -0.655. The molecule has 3 rings (SSSR count). The Hall–Kier alpha value is -2.46. The van der Waals surface area contributed by atoms with Crippen LogP contribution in [0, 0.1) is 11.8 Å². The number of methoxy groups -OCH3 is 1. The van der Waals surface area contributed by atoms with Crippen molar-refractivity contribution in [3.63, 3.8) is 0 Å². The summed E-state index contributed by atoms with van der Waals surface area (Å²) in [5.41, 5.74) is -0.328. The van der Waals surface area contributed by atoms with Gasteiger partial charge in [0.1, 0.15) is 16.9 Å². The highest BCUT2D eigenvalue weighted by molar-refractivity contribution is 5.97. The van der Waals surface area contributed by atoms with E-state index in [0.717, 1.165) is 12.1 Å². The lowest BCUT2D eigenvalue weighted by Gasteiger charge is -2.40. The van der Waals surface area contributed by atoms with Crippen LogP contribution >= 0.6 is 0 Å². The van der Waals surface area contributed by atoms with Crippen molar-refractivity contribution in [3.8, 4) is 5.88 Å². The SMILES string of the molecule is [2H]C([2H])(F)OC[C@H]1C[C@H]1COc1nc(C(=O)NC(CC)(CC)C(=O)OCC)ccc1N1CC(OC)C1. The molecule has 2 fully saturated rings. The molecule has 2 atom stereocenters. The van der Waals surface area contributed by atoms with Gasteiger partial charge in [-0.1, -0.05) is 13.8 Å². The van der Waals surface area contributed by atoms with Gasteiger partial charge in [0.15, 0.2) is 6.81 Å². The molecule has 0 bridgehead atoms. The van der Waals surface area contributed by atoms with E-state index >= 15 is 0 Å². The lowest BCUT2D eigenvalue weighted by molar-refractivity contribution is -0.151. The van der Waals surface area contributed by atoms with Crippen molar-refractivity contribution in [3.05, 3.63) is 17.8 Å². The van der Waals surface area contributed by atoms with Crippen molar-refractivity contribution in [1.29, 1.82) is 0 Å². The second-order valence-corrected chi connectivity index (χ2v) is 8.70. The van der Waals surface area contributed by atoms with Gasteiger partial charge < -0.3 is 29.2 Å². The highest BCUT2D eigenvalue weighted by Gasteiger charge is 2.40. The maximum Gasteiger partial charge on any atom is 0.331 e. The average molecular weight is 484 g/mol. The predicted octanol–water partition coefficient (Wildman–Crippen LogP) is 2.73. The lowest BCUT2D eigenvalue weighted by atomic mass is 9.92. The van der Waals surface area contributed by atoms with Gasteiger partial charge in [0.25, 0.3) is 5.91 Å². The fourth-order valence-corrected chi connectivity index (χ4v) is 4.05. The average Bonchev–Trinajstić information content (AvgIpc) is 3.58. The molecule has 1 amide bonds. The molecular weight excluding hydrogens is 445 g/mol. The number of aromatic nitrogens is 1. The van der Waals surface area contributed by atoms with E-state index in [1.807, 2.05) is 18.7 Å². The molecule has 10 heteroatoms. The van der Waals surface area contributed by atoms with E-state index in [-0.39, 0.29) is 49.3 Å². The number of nitrogens with one attached hydrogen (secondary N) is 1. The monoisotopic (exact) mass is 483 g/mol. The van der Waals surface area contributed by atoms with E-state index < -0.39 is 24.2 Å². The van der Waals surface area contributed by atoms with Crippen LogP contribution < -0.4 is 15.0 Å². The standard InChI is InChI=1S/C24H36FN3O6/c1-5-24(6-2,23(30)33-7-3)27-21(29)19-8-9-20(28-11-18(12-28)31-4)22(26-19)34-14-17-10-16(17)13-32-15-25/h8-9,16-18H,5-7,10-15H2,1-4H3,(H,27,29)/t16-,17+/m1/s1/i15D2. The predicted molar refractivity (Wildman–Crippen MR) is 124 cm³/mol. The Kier molecular flexibility index (Phi) is 8.08. The zero-order chi connectivity index (χ0) is 26.5. The van der Waals surface area contributed by atoms with Crippen LogP contribution in [0.4, 0.5) is 10.1 Å². The number of carbonyl (C=O) groups is 2. The minimum Gasteiger partial charge on any atom is -0.476 e. The van der Waals surface area contributed by atoms with Crippen molar-refractivity contribution in [1.82, 2.24) is 10.3 Å². The molecule has 0 spiro atoms. The Labute approximate surface area is 203 Å². The summed E-state index contributed by atoms with van der Waals surface area (Å²) < 4.78 is 47.8. The van der Waals surface area contributed by atoms with Gasteiger partial charge in [0.2, 0.25) is 5.88 Å². The van der Waals surface area contributed by atoms with Gasteiger partial charge >= 0.3 is 5.97 Å². The van der Waals surface area contributed by atoms with Crippen LogP contribution in [0.15, 0.2) is 12.1 Å². The number of carbonyl (C=O) groups excluding carboxylic acids is 2. The minimum absolute atomic E-state index is 0.00746. The molecule has 0 radical (unpaired) electrons. The number of pyridine rings is 1. The molecule has 190 valence electrons. The summed E-state index contributed by atoms with van der Waals surface area (Å²) in [5, 5.41) is 2.81. The van der Waals surface area contributed by atoms with E-state index in [0.29, 0.717) is 25.9 Å². The number of amides is 1. The number of nitrogens with zero attached hydrogens (tertiary/aromatic N) is 2. The third kappa shape index (κ3) is 5.96. The highest BCUT2D eigenvalue weighted by Crippen LogP contribution is 2.40. The molecular formula is C24H36FN3O6. The van der Waals surface area contributed by atoms with Crippen molar-refractivity contribution in [2.45, 2.75) is 51.7 Å². The summed E-state index contributed by atoms with van der Waals surface area (Å²) in [6.07, 6.45) is 1.55. The van der Waals surface area contributed by atoms with E-state index in [2.05, 4.69) is 15.0 Å². The Bertz CT molecular complexity index is 922. The van der Waals surface area contributed by atoms with Crippen molar-refractivity contribution < 1.29 is 35.7 Å². The van der Waals surface area contributed by atoms with E-state index in [9.17, 15) is 14.0 Å². The molecule has 0 unspecified atom stereocenters. The second-order valence-electron chi connectivity index (χ2n) is 8.70. The molecule has 1 saturated heterocycles. The van der Waals surface area contributed by atoms with Crippen molar-refractivity contribution in [2.24, 2.45) is 11.8 Å². The normalized spacial score (nSPS) is 21.3. The summed E-state index contributed by atoms with van der Waals surface area (Å²) in [6.45, 7) is 3.94. The molecule has 1 aliphatic heterocycles. The number of anilines is 1. The Morgan fingerprint density at radius 3 is 2.56 bits per heavy atom. The third-order valence-electron chi connectivity index (χ3n) is 6.68. The summed E-state index contributed by atoms with van der Waals surface area (Å²) >= 11 is 0. The van der Waals surface area contributed by atoms with Gasteiger partial charge in [-0.3, -0.25) is 4.79 Å². The van der Waals surface area contributed by atoms with Crippen LogP contribution in [0.5, 0.6) is 5.88 Å². The number of hydrogen-bond donors (Lipinski definition) is 1. The summed E-state index contributed by atoms with van der Waals surface area (Å²) in [6, 6.07) is 3.36. The Morgan fingerprint density at radius 2 is 1.94 bits per heavy atom. The molecule has 2 heterocycles. The molecule has 9 nitrogen and oxygen atoms in total. The molecule has 1 aromatic rings. The zero-order valence-corrected chi connectivity index (χ0v) is 20.3. The molecule has 34 heavy (non-hydrogen) atoms. The molecule has 2 aliphatic rings. The third-order valence-corrected chi connectivity index (χ3v) is 6.68. The van der Waals surface area contributed by atoms with Gasteiger partial charge in [-0.05, 0) is 50.2 Å². The molecule has 1 N–H and O–H groups in total. The first kappa shape index (κ1) is 23.3. The first-order valence-electron chi connectivity index (χ1n) is 12.8. The number of esters is 1. The zero-order valence-electron chi connectivity index (χ0n) is 22.3. The van der Waals surface area contributed by atoms with Gasteiger partial charge in [-0.25, -0.2) is 14.2 Å². The molecule has 0 aromatic carbocycles. The number of rotatable bonds is 14. The lowest BCUT2D eigenvalue weighted by Crippen LogP contribution is -2.54. The summed E-state index contributed by atoms with van der Waals surface area (Å²) in [4.78, 5) is 32.2. The van der Waals surface area contributed by atoms with Gasteiger partial charge in [-0.2, -0.15) is 0 Å². The van der Waals surface area contributed by atoms with Crippen LogP contribution in [0.25, 0.3) is 0 Å². The van der Waals surface area contributed by atoms with E-state index in [1.54, 1.807) is 26.2 Å². The topological polar surface area (TPSA) is 99.2 Å². The van der Waals surface area contributed by atoms with Gasteiger partial charge in [0, 0.05) is 20.2 Å². The Balaban J connectivity index is 1.73. The summed E-state index contributed by atoms with van der Waals surface area (Å²) in [7, 11) is 1.65. The van der Waals surface area contributed by atoms with Crippen LogP contribution in [-0.4, -0.2) is 75.3 Å². The van der Waals surface area contributed by atoms with Crippen molar-refractivity contribution in [2.75, 3.05) is 51.7 Å². The first-order chi connectivity index (χ1) is 17.1. The van der Waals surface area contributed by atoms with Crippen LogP contribution in [0.1, 0.15) is 53.3 Å². The van der Waals surface area contributed by atoms with Crippen LogP contribution in [0.3, 0.4) is 0 Å². The number of hydrogen-bond acceptors (Lipinski definition) is 8. The first-order valence-corrected chi connectivity index (χ1v) is 11.8.